The number of nitrogens with zero attached hydrogens (tertiary/aromatic N) is 2. The molecule has 0 unspecified atom stereocenters. The first kappa shape index (κ1) is 11.5. The lowest BCUT2D eigenvalue weighted by Crippen LogP contribution is -2.16. The van der Waals surface area contributed by atoms with Crippen molar-refractivity contribution in [3.05, 3.63) is 66.5 Å². The Balaban J connectivity index is 1.76. The number of carbonyl (C=O) groups is 1. The number of benzene rings is 1. The van der Waals surface area contributed by atoms with Crippen molar-refractivity contribution in [2.45, 2.75) is 6.42 Å². The fraction of sp³-hybridized carbons (Fsp3) is 0.0667. The number of fused-ring (bicyclic) bond motifs is 1. The van der Waals surface area contributed by atoms with Gasteiger partial charge in [-0.3, -0.25) is 14.5 Å². The lowest BCUT2D eigenvalue weighted by atomic mass is 10.1. The second kappa shape index (κ2) is 4.94. The van der Waals surface area contributed by atoms with Gasteiger partial charge in [-0.05, 0) is 17.7 Å². The Bertz CT molecular complexity index is 703. The number of carbonyl (C=O) groups excluding carboxylic acids is 1. The van der Waals surface area contributed by atoms with E-state index < -0.39 is 0 Å². The van der Waals surface area contributed by atoms with Crippen LogP contribution in [0.3, 0.4) is 0 Å². The van der Waals surface area contributed by atoms with E-state index in [0.29, 0.717) is 12.4 Å². The summed E-state index contributed by atoms with van der Waals surface area (Å²) in [6.07, 6.45) is 3.96. The molecule has 3 rings (SSSR count). The van der Waals surface area contributed by atoms with E-state index in [9.17, 15) is 4.79 Å². The summed E-state index contributed by atoms with van der Waals surface area (Å²) >= 11 is 0. The van der Waals surface area contributed by atoms with Crippen LogP contribution >= 0.6 is 0 Å². The molecule has 0 aliphatic carbocycles. The number of aromatic nitrogens is 2. The topological polar surface area (TPSA) is 46.4 Å². The molecule has 1 N–H and O–H groups in total. The molecule has 4 heteroatoms. The van der Waals surface area contributed by atoms with Gasteiger partial charge in [-0.2, -0.15) is 0 Å². The summed E-state index contributed by atoms with van der Waals surface area (Å²) < 4.78 is 1.85. The lowest BCUT2D eigenvalue weighted by Gasteiger charge is -2.04. The first-order valence-electron chi connectivity index (χ1n) is 6.09. The largest absolute Gasteiger partial charge is 0.295 e. The minimum atomic E-state index is -0.0671. The monoisotopic (exact) mass is 251 g/mol. The summed E-state index contributed by atoms with van der Waals surface area (Å²) in [7, 11) is 0. The van der Waals surface area contributed by atoms with Crippen LogP contribution < -0.4 is 5.32 Å². The maximum absolute atomic E-state index is 12.0. The summed E-state index contributed by atoms with van der Waals surface area (Å²) in [5, 5.41) is 2.83. The van der Waals surface area contributed by atoms with E-state index in [1.165, 1.54) is 0 Å². The van der Waals surface area contributed by atoms with Crippen LogP contribution in [-0.4, -0.2) is 15.3 Å². The molecule has 94 valence electrons. The maximum atomic E-state index is 12.0. The van der Waals surface area contributed by atoms with Crippen LogP contribution in [-0.2, 0) is 11.2 Å². The molecule has 0 radical (unpaired) electrons. The third-order valence-corrected chi connectivity index (χ3v) is 2.90. The van der Waals surface area contributed by atoms with Crippen molar-refractivity contribution in [3.8, 4) is 0 Å². The van der Waals surface area contributed by atoms with E-state index in [4.69, 9.17) is 0 Å². The van der Waals surface area contributed by atoms with Crippen LogP contribution in [0.1, 0.15) is 5.56 Å². The predicted octanol–water partition coefficient (Wildman–Crippen LogP) is 2.52. The predicted molar refractivity (Wildman–Crippen MR) is 74.0 cm³/mol. The zero-order valence-corrected chi connectivity index (χ0v) is 10.3. The minimum absolute atomic E-state index is 0.0671. The molecule has 0 atom stereocenters. The summed E-state index contributed by atoms with van der Waals surface area (Å²) in [4.78, 5) is 16.2. The number of imidazole rings is 1. The summed E-state index contributed by atoms with van der Waals surface area (Å²) in [6, 6.07) is 15.4. The van der Waals surface area contributed by atoms with Gasteiger partial charge in [-0.25, -0.2) is 4.98 Å². The standard InChI is InChI=1S/C15H13N3O/c19-14(10-12-6-2-1-3-7-12)17-15-16-11-13-8-4-5-9-18(13)15/h1-9,11H,10H2,(H,16,17,19). The summed E-state index contributed by atoms with van der Waals surface area (Å²) in [6.45, 7) is 0. The Morgan fingerprint density at radius 2 is 1.89 bits per heavy atom. The van der Waals surface area contributed by atoms with E-state index in [0.717, 1.165) is 11.1 Å². The Hall–Kier alpha value is -2.62. The SMILES string of the molecule is O=C(Cc1ccccc1)Nc1ncc2ccccn12. The highest BCUT2D eigenvalue weighted by Crippen LogP contribution is 2.11. The molecule has 3 aromatic rings. The Labute approximate surface area is 110 Å². The third-order valence-electron chi connectivity index (χ3n) is 2.90. The molecule has 0 aliphatic heterocycles. The smallest absolute Gasteiger partial charge is 0.231 e. The molecule has 4 nitrogen and oxygen atoms in total. The molecule has 1 aromatic carbocycles. The van der Waals surface area contributed by atoms with Crippen LogP contribution in [0.2, 0.25) is 0 Å². The van der Waals surface area contributed by atoms with E-state index in [-0.39, 0.29) is 5.91 Å². The van der Waals surface area contributed by atoms with Crippen molar-refractivity contribution in [2.75, 3.05) is 5.32 Å². The quantitative estimate of drug-likeness (QED) is 0.777. The fourth-order valence-electron chi connectivity index (χ4n) is 1.99. The van der Waals surface area contributed by atoms with Crippen molar-refractivity contribution in [1.29, 1.82) is 0 Å². The number of nitrogens with one attached hydrogen (secondary N) is 1. The van der Waals surface area contributed by atoms with Crippen molar-refractivity contribution < 1.29 is 4.79 Å². The second-order valence-electron chi connectivity index (χ2n) is 4.29. The Kier molecular flexibility index (Phi) is 2.98. The molecule has 19 heavy (non-hydrogen) atoms. The van der Waals surface area contributed by atoms with Crippen molar-refractivity contribution in [2.24, 2.45) is 0 Å². The van der Waals surface area contributed by atoms with E-state index in [1.807, 2.05) is 59.1 Å². The molecule has 0 fully saturated rings. The first-order chi connectivity index (χ1) is 9.33. The highest BCUT2D eigenvalue weighted by atomic mass is 16.1. The van der Waals surface area contributed by atoms with Crippen LogP contribution in [0.4, 0.5) is 5.95 Å². The van der Waals surface area contributed by atoms with Crippen LogP contribution in [0.5, 0.6) is 0 Å². The summed E-state index contributed by atoms with van der Waals surface area (Å²) in [5.74, 6) is 0.485. The van der Waals surface area contributed by atoms with Gasteiger partial charge < -0.3 is 0 Å². The molecule has 2 aromatic heterocycles. The molecular weight excluding hydrogens is 238 g/mol. The average Bonchev–Trinajstić information content (AvgIpc) is 2.83. The van der Waals surface area contributed by atoms with Gasteiger partial charge in [-0.1, -0.05) is 36.4 Å². The maximum Gasteiger partial charge on any atom is 0.231 e. The normalized spacial score (nSPS) is 10.5. The fourth-order valence-corrected chi connectivity index (χ4v) is 1.99. The van der Waals surface area contributed by atoms with Gasteiger partial charge in [0.2, 0.25) is 11.9 Å². The molecule has 2 heterocycles. The van der Waals surface area contributed by atoms with E-state index >= 15 is 0 Å². The molecule has 0 saturated carbocycles. The van der Waals surface area contributed by atoms with Gasteiger partial charge in [0, 0.05) is 6.20 Å². The van der Waals surface area contributed by atoms with Crippen LogP contribution in [0.25, 0.3) is 5.52 Å². The number of anilines is 1. The highest BCUT2D eigenvalue weighted by Gasteiger charge is 2.07. The molecule has 0 bridgehead atoms. The minimum Gasteiger partial charge on any atom is -0.295 e. The molecule has 0 saturated heterocycles. The summed E-state index contributed by atoms with van der Waals surface area (Å²) in [5.41, 5.74) is 1.94. The Morgan fingerprint density at radius 1 is 1.11 bits per heavy atom. The zero-order valence-electron chi connectivity index (χ0n) is 10.3. The van der Waals surface area contributed by atoms with Crippen molar-refractivity contribution in [1.82, 2.24) is 9.38 Å². The first-order valence-corrected chi connectivity index (χ1v) is 6.09. The highest BCUT2D eigenvalue weighted by molar-refractivity contribution is 5.91. The van der Waals surface area contributed by atoms with Crippen LogP contribution in [0, 0.1) is 0 Å². The van der Waals surface area contributed by atoms with Gasteiger partial charge in [0.1, 0.15) is 0 Å². The number of hydrogen-bond acceptors (Lipinski definition) is 2. The zero-order chi connectivity index (χ0) is 13.1. The molecular formula is C15H13N3O. The average molecular weight is 251 g/mol. The number of hydrogen-bond donors (Lipinski definition) is 1. The van der Waals surface area contributed by atoms with E-state index in [1.54, 1.807) is 6.20 Å². The Morgan fingerprint density at radius 3 is 2.74 bits per heavy atom. The molecule has 1 amide bonds. The lowest BCUT2D eigenvalue weighted by molar-refractivity contribution is -0.115. The number of amides is 1. The third kappa shape index (κ3) is 2.47. The number of pyridine rings is 1. The van der Waals surface area contributed by atoms with Crippen molar-refractivity contribution >= 4 is 17.4 Å². The van der Waals surface area contributed by atoms with Crippen LogP contribution in [0.15, 0.2) is 60.9 Å². The molecule has 0 aliphatic rings. The number of rotatable bonds is 3. The van der Waals surface area contributed by atoms with Gasteiger partial charge in [0.15, 0.2) is 0 Å². The second-order valence-corrected chi connectivity index (χ2v) is 4.29. The van der Waals surface area contributed by atoms with Gasteiger partial charge in [-0.15, -0.1) is 0 Å². The van der Waals surface area contributed by atoms with E-state index in [2.05, 4.69) is 10.3 Å². The van der Waals surface area contributed by atoms with Gasteiger partial charge >= 0.3 is 0 Å². The van der Waals surface area contributed by atoms with Gasteiger partial charge in [0.05, 0.1) is 18.1 Å². The van der Waals surface area contributed by atoms with Crippen molar-refractivity contribution in [3.63, 3.8) is 0 Å². The van der Waals surface area contributed by atoms with Gasteiger partial charge in [0.25, 0.3) is 0 Å². The molecule has 0 spiro atoms.